The van der Waals surface area contributed by atoms with Crippen LogP contribution in [0.15, 0.2) is 108 Å². The Hall–Kier alpha value is -4.05. The van der Waals surface area contributed by atoms with Crippen molar-refractivity contribution in [2.75, 3.05) is 5.32 Å². The largest absolute Gasteiger partial charge is 0.489 e. The monoisotopic (exact) mass is 519 g/mol. The van der Waals surface area contributed by atoms with Crippen molar-refractivity contribution >= 4 is 21.6 Å². The van der Waals surface area contributed by atoms with Gasteiger partial charge in [-0.1, -0.05) is 66.7 Å². The molecule has 0 heterocycles. The van der Waals surface area contributed by atoms with E-state index in [-0.39, 0.29) is 6.54 Å². The first kappa shape index (κ1) is 26.0. The Morgan fingerprint density at radius 3 is 2.24 bits per heavy atom. The molecule has 0 fully saturated rings. The van der Waals surface area contributed by atoms with E-state index in [9.17, 15) is 17.6 Å². The minimum atomic E-state index is -4.38. The molecule has 1 amide bonds. The van der Waals surface area contributed by atoms with Crippen LogP contribution >= 0.6 is 0 Å². The molecule has 37 heavy (non-hydrogen) atoms. The molecule has 0 aliphatic carbocycles. The molecule has 0 bridgehead atoms. The van der Waals surface area contributed by atoms with Gasteiger partial charge in [-0.3, -0.25) is 4.79 Å². The van der Waals surface area contributed by atoms with Gasteiger partial charge in [0, 0.05) is 12.2 Å². The van der Waals surface area contributed by atoms with Gasteiger partial charge in [0.25, 0.3) is 0 Å². The number of benzene rings is 4. The highest BCUT2D eigenvalue weighted by molar-refractivity contribution is 7.89. The zero-order valence-electron chi connectivity index (χ0n) is 19.8. The highest BCUT2D eigenvalue weighted by Gasteiger charge is 2.29. The first-order valence-electron chi connectivity index (χ1n) is 11.5. The lowest BCUT2D eigenvalue weighted by molar-refractivity contribution is -0.117. The molecule has 4 aromatic rings. The molecule has 0 aliphatic heterocycles. The van der Waals surface area contributed by atoms with E-state index in [0.29, 0.717) is 23.6 Å². The van der Waals surface area contributed by atoms with Crippen LogP contribution in [-0.2, 0) is 28.0 Å². The Morgan fingerprint density at radius 1 is 0.865 bits per heavy atom. The molecule has 0 spiro atoms. The number of sulfonamides is 1. The number of nitrogens with two attached hydrogens (primary N) is 1. The summed E-state index contributed by atoms with van der Waals surface area (Å²) < 4.78 is 48.5. The summed E-state index contributed by atoms with van der Waals surface area (Å²) in [5, 5.41) is 2.72. The van der Waals surface area contributed by atoms with Crippen molar-refractivity contribution in [2.45, 2.75) is 24.1 Å². The second kappa shape index (κ2) is 11.8. The van der Waals surface area contributed by atoms with E-state index < -0.39 is 32.7 Å². The molecular weight excluding hydrogens is 493 g/mol. The van der Waals surface area contributed by atoms with Crippen molar-refractivity contribution in [3.63, 3.8) is 0 Å². The van der Waals surface area contributed by atoms with Crippen LogP contribution < -0.4 is 20.5 Å². The van der Waals surface area contributed by atoms with Gasteiger partial charge in [0.2, 0.25) is 15.9 Å². The average Bonchev–Trinajstić information content (AvgIpc) is 2.92. The van der Waals surface area contributed by atoms with Crippen molar-refractivity contribution in [3.8, 4) is 5.75 Å². The summed E-state index contributed by atoms with van der Waals surface area (Å²) in [6.07, 6.45) is 0. The van der Waals surface area contributed by atoms with Crippen LogP contribution in [0.5, 0.6) is 5.75 Å². The minimum Gasteiger partial charge on any atom is -0.489 e. The number of anilines is 1. The van der Waals surface area contributed by atoms with Gasteiger partial charge in [-0.05, 0) is 53.1 Å². The van der Waals surface area contributed by atoms with Crippen LogP contribution in [0.3, 0.4) is 0 Å². The Bertz CT molecular complexity index is 1460. The SMILES string of the molecule is NCc1cccc(NC(=O)[C@@H](NS(=O)(=O)c2ccccc2F)c2ccc(OCc3ccccc3)cc2)c1. The van der Waals surface area contributed by atoms with Crippen LogP contribution in [0.1, 0.15) is 22.7 Å². The quantitative estimate of drug-likeness (QED) is 0.285. The molecule has 0 radical (unpaired) electrons. The van der Waals surface area contributed by atoms with Crippen LogP contribution in [0.2, 0.25) is 0 Å². The smallest absolute Gasteiger partial charge is 0.247 e. The lowest BCUT2D eigenvalue weighted by Gasteiger charge is -2.20. The fourth-order valence-corrected chi connectivity index (χ4v) is 4.90. The molecule has 7 nitrogen and oxygen atoms in total. The molecule has 0 aromatic heterocycles. The zero-order chi connectivity index (χ0) is 26.3. The van der Waals surface area contributed by atoms with Crippen LogP contribution in [0.25, 0.3) is 0 Å². The normalized spacial score (nSPS) is 12.1. The first-order valence-corrected chi connectivity index (χ1v) is 13.0. The Kier molecular flexibility index (Phi) is 8.29. The van der Waals surface area contributed by atoms with Crippen molar-refractivity contribution in [1.29, 1.82) is 0 Å². The molecule has 190 valence electrons. The van der Waals surface area contributed by atoms with Gasteiger partial charge in [-0.2, -0.15) is 4.72 Å². The molecule has 0 unspecified atom stereocenters. The van der Waals surface area contributed by atoms with Crippen molar-refractivity contribution in [3.05, 3.63) is 126 Å². The predicted octanol–water partition coefficient (Wildman–Crippen LogP) is 4.52. The zero-order valence-corrected chi connectivity index (χ0v) is 20.6. The fraction of sp³-hybridized carbons (Fsp3) is 0.107. The average molecular weight is 520 g/mol. The summed E-state index contributed by atoms with van der Waals surface area (Å²) in [6, 6.07) is 26.6. The molecular formula is C28H26FN3O4S. The summed E-state index contributed by atoms with van der Waals surface area (Å²) in [4.78, 5) is 12.8. The number of halogens is 1. The molecule has 9 heteroatoms. The van der Waals surface area contributed by atoms with E-state index in [2.05, 4.69) is 10.0 Å². The molecule has 4 N–H and O–H groups in total. The Balaban J connectivity index is 1.59. The van der Waals surface area contributed by atoms with Gasteiger partial charge < -0.3 is 15.8 Å². The summed E-state index contributed by atoms with van der Waals surface area (Å²) in [7, 11) is -4.38. The van der Waals surface area contributed by atoms with Gasteiger partial charge in [-0.25, -0.2) is 12.8 Å². The Morgan fingerprint density at radius 2 is 1.54 bits per heavy atom. The molecule has 4 aromatic carbocycles. The standard InChI is InChI=1S/C28H26FN3O4S/c29-25-11-4-5-12-26(25)37(34,35)32-27(28(33)31-23-10-6-9-21(17-23)18-30)22-13-15-24(16-14-22)36-19-20-7-2-1-3-8-20/h1-17,27,32H,18-19,30H2,(H,31,33)/t27-/m0/s1. The third-order valence-corrected chi connectivity index (χ3v) is 7.01. The number of carbonyl (C=O) groups excluding carboxylic acids is 1. The maximum absolute atomic E-state index is 14.3. The molecule has 4 rings (SSSR count). The van der Waals surface area contributed by atoms with E-state index in [1.807, 2.05) is 36.4 Å². The van der Waals surface area contributed by atoms with E-state index in [0.717, 1.165) is 23.3 Å². The topological polar surface area (TPSA) is 111 Å². The first-order chi connectivity index (χ1) is 17.9. The van der Waals surface area contributed by atoms with E-state index in [1.54, 1.807) is 42.5 Å². The second-order valence-corrected chi connectivity index (χ2v) is 9.90. The number of amides is 1. The lowest BCUT2D eigenvalue weighted by atomic mass is 10.1. The number of hydrogen-bond donors (Lipinski definition) is 3. The molecule has 0 saturated carbocycles. The molecule has 0 saturated heterocycles. The molecule has 1 atom stereocenters. The van der Waals surface area contributed by atoms with Crippen molar-refractivity contribution < 1.29 is 22.3 Å². The maximum atomic E-state index is 14.3. The number of ether oxygens (including phenoxy) is 1. The number of rotatable bonds is 10. The third-order valence-electron chi connectivity index (χ3n) is 5.55. The highest BCUT2D eigenvalue weighted by Crippen LogP contribution is 2.24. The lowest BCUT2D eigenvalue weighted by Crippen LogP contribution is -2.37. The fourth-order valence-electron chi connectivity index (χ4n) is 3.64. The van der Waals surface area contributed by atoms with Crippen molar-refractivity contribution in [2.24, 2.45) is 5.73 Å². The van der Waals surface area contributed by atoms with E-state index in [4.69, 9.17) is 10.5 Å². The van der Waals surface area contributed by atoms with Crippen molar-refractivity contribution in [1.82, 2.24) is 4.72 Å². The van der Waals surface area contributed by atoms with Crippen LogP contribution in [0, 0.1) is 5.82 Å². The molecule has 0 aliphatic rings. The predicted molar refractivity (Wildman–Crippen MR) is 140 cm³/mol. The maximum Gasteiger partial charge on any atom is 0.247 e. The van der Waals surface area contributed by atoms with Gasteiger partial charge >= 0.3 is 0 Å². The summed E-state index contributed by atoms with van der Waals surface area (Å²) in [6.45, 7) is 0.624. The minimum absolute atomic E-state index is 0.275. The van der Waals surface area contributed by atoms with Gasteiger partial charge in [0.05, 0.1) is 0 Å². The van der Waals surface area contributed by atoms with E-state index >= 15 is 0 Å². The number of carbonyl (C=O) groups is 1. The van der Waals surface area contributed by atoms with Crippen LogP contribution in [0.4, 0.5) is 10.1 Å². The van der Waals surface area contributed by atoms with Gasteiger partial charge in [0.15, 0.2) is 0 Å². The second-order valence-electron chi connectivity index (χ2n) is 8.22. The number of hydrogen-bond acceptors (Lipinski definition) is 5. The van der Waals surface area contributed by atoms with Gasteiger partial charge in [0.1, 0.15) is 29.1 Å². The third kappa shape index (κ3) is 6.79. The van der Waals surface area contributed by atoms with E-state index in [1.165, 1.54) is 12.1 Å². The summed E-state index contributed by atoms with van der Waals surface area (Å²) in [5.74, 6) is -1.03. The Labute approximate surface area is 215 Å². The highest BCUT2D eigenvalue weighted by atomic mass is 32.2. The number of nitrogens with one attached hydrogen (secondary N) is 2. The summed E-state index contributed by atoms with van der Waals surface area (Å²) in [5.41, 5.74) is 8.26. The summed E-state index contributed by atoms with van der Waals surface area (Å²) >= 11 is 0. The van der Waals surface area contributed by atoms with Crippen LogP contribution in [-0.4, -0.2) is 14.3 Å². The van der Waals surface area contributed by atoms with Gasteiger partial charge in [-0.15, -0.1) is 0 Å².